The number of aliphatic hydroxyl groups is 1. The SMILES string of the molecule is OCc1[nH]c2ccccc2[n+]1CCOc1ccc(Cl)cc1. The van der Waals surface area contributed by atoms with Crippen molar-refractivity contribution in [3.63, 3.8) is 0 Å². The smallest absolute Gasteiger partial charge is 0.281 e. The van der Waals surface area contributed by atoms with Gasteiger partial charge in [-0.25, -0.2) is 9.55 Å². The van der Waals surface area contributed by atoms with Crippen LogP contribution in [0.1, 0.15) is 5.82 Å². The van der Waals surface area contributed by atoms with Crippen molar-refractivity contribution in [2.45, 2.75) is 13.2 Å². The summed E-state index contributed by atoms with van der Waals surface area (Å²) in [5.74, 6) is 1.56. The third kappa shape index (κ3) is 3.01. The van der Waals surface area contributed by atoms with E-state index in [9.17, 15) is 5.11 Å². The van der Waals surface area contributed by atoms with Crippen LogP contribution < -0.4 is 9.30 Å². The molecule has 0 amide bonds. The zero-order valence-electron chi connectivity index (χ0n) is 11.4. The van der Waals surface area contributed by atoms with Gasteiger partial charge in [0, 0.05) is 5.02 Å². The Bertz CT molecular complexity index is 738. The number of para-hydroxylation sites is 2. The molecule has 21 heavy (non-hydrogen) atoms. The van der Waals surface area contributed by atoms with Crippen LogP contribution >= 0.6 is 11.6 Å². The molecule has 4 nitrogen and oxygen atoms in total. The zero-order chi connectivity index (χ0) is 14.7. The van der Waals surface area contributed by atoms with Crippen molar-refractivity contribution in [2.75, 3.05) is 6.61 Å². The van der Waals surface area contributed by atoms with Crippen LogP contribution in [0.5, 0.6) is 5.75 Å². The molecule has 108 valence electrons. The monoisotopic (exact) mass is 303 g/mol. The lowest BCUT2D eigenvalue weighted by molar-refractivity contribution is -0.681. The number of rotatable bonds is 5. The van der Waals surface area contributed by atoms with Crippen molar-refractivity contribution >= 4 is 22.6 Å². The standard InChI is InChI=1S/C16H15ClN2O2/c17-12-5-7-13(8-6-12)21-10-9-19-15-4-2-1-3-14(15)18-16(19)11-20/h1-8,20H,9-11H2/p+1. The summed E-state index contributed by atoms with van der Waals surface area (Å²) in [5, 5.41) is 10.1. The molecule has 0 saturated heterocycles. The van der Waals surface area contributed by atoms with Crippen LogP contribution in [0.15, 0.2) is 48.5 Å². The fraction of sp³-hybridized carbons (Fsp3) is 0.188. The van der Waals surface area contributed by atoms with E-state index in [1.165, 1.54) is 0 Å². The Morgan fingerprint density at radius 1 is 1.10 bits per heavy atom. The quantitative estimate of drug-likeness (QED) is 0.712. The van der Waals surface area contributed by atoms with Crippen LogP contribution in [0.2, 0.25) is 5.02 Å². The predicted molar refractivity (Wildman–Crippen MR) is 81.4 cm³/mol. The van der Waals surface area contributed by atoms with Gasteiger partial charge in [0.05, 0.1) is 0 Å². The van der Waals surface area contributed by atoms with Crippen molar-refractivity contribution in [2.24, 2.45) is 0 Å². The molecule has 2 aromatic carbocycles. The minimum Gasteiger partial charge on any atom is -0.489 e. The van der Waals surface area contributed by atoms with Crippen LogP contribution in [0.25, 0.3) is 11.0 Å². The molecule has 0 unspecified atom stereocenters. The normalized spacial score (nSPS) is 11.0. The van der Waals surface area contributed by atoms with Crippen LogP contribution in [-0.4, -0.2) is 16.7 Å². The van der Waals surface area contributed by atoms with E-state index >= 15 is 0 Å². The third-order valence-corrected chi connectivity index (χ3v) is 3.60. The molecular formula is C16H16ClN2O2+. The third-order valence-electron chi connectivity index (χ3n) is 3.35. The fourth-order valence-corrected chi connectivity index (χ4v) is 2.47. The number of aliphatic hydroxyl groups excluding tert-OH is 1. The highest BCUT2D eigenvalue weighted by Gasteiger charge is 2.16. The largest absolute Gasteiger partial charge is 0.489 e. The Labute approximate surface area is 127 Å². The first-order valence-electron chi connectivity index (χ1n) is 6.76. The number of halogens is 1. The topological polar surface area (TPSA) is 49.1 Å². The van der Waals surface area contributed by atoms with Gasteiger partial charge in [-0.1, -0.05) is 23.7 Å². The number of benzene rings is 2. The van der Waals surface area contributed by atoms with Gasteiger partial charge in [0.25, 0.3) is 5.82 Å². The Balaban J connectivity index is 1.74. The van der Waals surface area contributed by atoms with Crippen molar-refractivity contribution in [3.05, 3.63) is 59.4 Å². The van der Waals surface area contributed by atoms with Gasteiger partial charge >= 0.3 is 0 Å². The molecule has 2 N–H and O–H groups in total. The van der Waals surface area contributed by atoms with Crippen LogP contribution in [0.3, 0.4) is 0 Å². The summed E-state index contributed by atoms with van der Waals surface area (Å²) in [5.41, 5.74) is 2.06. The van der Waals surface area contributed by atoms with Gasteiger partial charge in [0.1, 0.15) is 25.5 Å². The minimum absolute atomic E-state index is 0.0321. The average Bonchev–Trinajstić information content (AvgIpc) is 2.87. The van der Waals surface area contributed by atoms with Gasteiger partial charge in [-0.05, 0) is 36.4 Å². The lowest BCUT2D eigenvalue weighted by Gasteiger charge is -2.05. The van der Waals surface area contributed by atoms with Crippen LogP contribution in [-0.2, 0) is 13.2 Å². The number of ether oxygens (including phenoxy) is 1. The molecule has 1 heterocycles. The lowest BCUT2D eigenvalue weighted by Crippen LogP contribution is -2.39. The first kappa shape index (κ1) is 13.9. The van der Waals surface area contributed by atoms with Crippen LogP contribution in [0.4, 0.5) is 0 Å². The molecule has 0 saturated carbocycles. The number of nitrogens with one attached hydrogen (secondary N) is 1. The zero-order valence-corrected chi connectivity index (χ0v) is 12.2. The van der Waals surface area contributed by atoms with Gasteiger partial charge < -0.3 is 9.84 Å². The molecule has 0 aliphatic heterocycles. The number of fused-ring (bicyclic) bond motifs is 1. The fourth-order valence-electron chi connectivity index (χ4n) is 2.35. The lowest BCUT2D eigenvalue weighted by atomic mass is 10.3. The highest BCUT2D eigenvalue weighted by molar-refractivity contribution is 6.30. The first-order valence-corrected chi connectivity index (χ1v) is 7.14. The van der Waals surface area contributed by atoms with Crippen molar-refractivity contribution < 1.29 is 14.4 Å². The van der Waals surface area contributed by atoms with Gasteiger partial charge in [-0.2, -0.15) is 0 Å². The molecular weight excluding hydrogens is 288 g/mol. The van der Waals surface area contributed by atoms with Crippen molar-refractivity contribution in [1.82, 2.24) is 4.98 Å². The number of hydrogen-bond donors (Lipinski definition) is 2. The summed E-state index contributed by atoms with van der Waals surface area (Å²) in [6, 6.07) is 15.2. The molecule has 0 radical (unpaired) electrons. The van der Waals surface area contributed by atoms with E-state index in [0.717, 1.165) is 22.6 Å². The Kier molecular flexibility index (Phi) is 4.08. The van der Waals surface area contributed by atoms with E-state index < -0.39 is 0 Å². The van der Waals surface area contributed by atoms with Crippen molar-refractivity contribution in [1.29, 1.82) is 0 Å². The number of aromatic amines is 1. The second kappa shape index (κ2) is 6.16. The average molecular weight is 304 g/mol. The summed E-state index contributed by atoms with van der Waals surface area (Å²) in [4.78, 5) is 3.21. The predicted octanol–water partition coefficient (Wildman–Crippen LogP) is 2.68. The van der Waals surface area contributed by atoms with E-state index in [1.807, 2.05) is 41.0 Å². The van der Waals surface area contributed by atoms with Gasteiger partial charge in [-0.3, -0.25) is 0 Å². The van der Waals surface area contributed by atoms with E-state index in [0.29, 0.717) is 18.2 Å². The van der Waals surface area contributed by atoms with E-state index in [-0.39, 0.29) is 6.61 Å². The maximum atomic E-state index is 9.46. The molecule has 0 bridgehead atoms. The van der Waals surface area contributed by atoms with Gasteiger partial charge in [0.2, 0.25) is 0 Å². The summed E-state index contributed by atoms with van der Waals surface area (Å²) in [6.07, 6.45) is 0. The number of nitrogens with zero attached hydrogens (tertiary/aromatic N) is 1. The van der Waals surface area contributed by atoms with E-state index in [2.05, 4.69) is 4.98 Å². The number of imidazole rings is 1. The number of aromatic nitrogens is 2. The highest BCUT2D eigenvalue weighted by atomic mass is 35.5. The molecule has 0 aliphatic carbocycles. The van der Waals surface area contributed by atoms with E-state index in [1.54, 1.807) is 12.1 Å². The molecule has 0 aliphatic rings. The Hall–Kier alpha value is -2.04. The van der Waals surface area contributed by atoms with E-state index in [4.69, 9.17) is 16.3 Å². The molecule has 3 rings (SSSR count). The number of H-pyrrole nitrogens is 1. The van der Waals surface area contributed by atoms with Crippen molar-refractivity contribution in [3.8, 4) is 5.75 Å². The molecule has 0 fully saturated rings. The summed E-state index contributed by atoms with van der Waals surface area (Å²) < 4.78 is 7.74. The molecule has 5 heteroatoms. The minimum atomic E-state index is -0.0321. The number of hydrogen-bond acceptors (Lipinski definition) is 2. The molecule has 1 aromatic heterocycles. The maximum Gasteiger partial charge on any atom is 0.281 e. The summed E-state index contributed by atoms with van der Waals surface area (Å²) in [7, 11) is 0. The molecule has 3 aromatic rings. The molecule has 0 atom stereocenters. The van der Waals surface area contributed by atoms with Gasteiger partial charge in [-0.15, -0.1) is 0 Å². The van der Waals surface area contributed by atoms with Crippen LogP contribution in [0, 0.1) is 0 Å². The van der Waals surface area contributed by atoms with Gasteiger partial charge in [0.15, 0.2) is 11.0 Å². The first-order chi connectivity index (χ1) is 10.3. The maximum absolute atomic E-state index is 9.46. The summed E-state index contributed by atoms with van der Waals surface area (Å²) in [6.45, 7) is 1.14. The second-order valence-electron chi connectivity index (χ2n) is 4.70. The summed E-state index contributed by atoms with van der Waals surface area (Å²) >= 11 is 5.84. The molecule has 0 spiro atoms. The Morgan fingerprint density at radius 2 is 1.86 bits per heavy atom. The second-order valence-corrected chi connectivity index (χ2v) is 5.14. The highest BCUT2D eigenvalue weighted by Crippen LogP contribution is 2.15. The Morgan fingerprint density at radius 3 is 2.62 bits per heavy atom.